The topological polar surface area (TPSA) is 12.0 Å². The van der Waals surface area contributed by atoms with E-state index in [1.165, 1.54) is 25.0 Å². The predicted octanol–water partition coefficient (Wildman–Crippen LogP) is 5.43. The molecular formula is C17H22F3N. The van der Waals surface area contributed by atoms with Crippen molar-refractivity contribution in [3.8, 4) is 0 Å². The van der Waals surface area contributed by atoms with Gasteiger partial charge in [0.2, 0.25) is 0 Å². The molecule has 1 aliphatic carbocycles. The number of halogens is 3. The number of hydrogen-bond donors (Lipinski definition) is 1. The van der Waals surface area contributed by atoms with Crippen molar-refractivity contribution < 1.29 is 13.2 Å². The molecule has 1 aromatic carbocycles. The van der Waals surface area contributed by atoms with Crippen LogP contribution in [0.4, 0.5) is 18.9 Å². The molecule has 0 amide bonds. The number of anilines is 1. The van der Waals surface area contributed by atoms with Gasteiger partial charge in [-0.2, -0.15) is 13.2 Å². The molecule has 1 fully saturated rings. The van der Waals surface area contributed by atoms with Gasteiger partial charge in [-0.25, -0.2) is 0 Å². The number of hydrogen-bond acceptors (Lipinski definition) is 1. The highest BCUT2D eigenvalue weighted by atomic mass is 19.4. The lowest BCUT2D eigenvalue weighted by molar-refractivity contribution is -0.137. The molecule has 1 saturated carbocycles. The van der Waals surface area contributed by atoms with Crippen LogP contribution < -0.4 is 5.32 Å². The maximum Gasteiger partial charge on any atom is 0.416 e. The van der Waals surface area contributed by atoms with E-state index in [1.54, 1.807) is 6.07 Å². The first kappa shape index (κ1) is 14.7. The second-order valence-electron chi connectivity index (χ2n) is 7.29. The van der Waals surface area contributed by atoms with Crippen molar-refractivity contribution in [2.45, 2.75) is 51.6 Å². The first-order valence-corrected chi connectivity index (χ1v) is 7.71. The molecule has 0 bridgehead atoms. The Kier molecular flexibility index (Phi) is 3.45. The molecule has 0 saturated heterocycles. The predicted molar refractivity (Wildman–Crippen MR) is 78.4 cm³/mol. The van der Waals surface area contributed by atoms with Crippen LogP contribution in [-0.4, -0.2) is 6.54 Å². The zero-order valence-electron chi connectivity index (χ0n) is 12.6. The third-order valence-electron chi connectivity index (χ3n) is 5.24. The molecule has 0 radical (unpaired) electrons. The third-order valence-corrected chi connectivity index (χ3v) is 5.24. The fourth-order valence-electron chi connectivity index (χ4n) is 3.78. The van der Waals surface area contributed by atoms with Gasteiger partial charge >= 0.3 is 6.18 Å². The SMILES string of the molecule is CC1(C)CCC(C2CNc3ccc(C(F)(F)F)cc32)CC1. The van der Waals surface area contributed by atoms with E-state index in [2.05, 4.69) is 19.2 Å². The monoisotopic (exact) mass is 297 g/mol. The van der Waals surface area contributed by atoms with Gasteiger partial charge in [0.25, 0.3) is 0 Å². The van der Waals surface area contributed by atoms with Crippen LogP contribution in [0.3, 0.4) is 0 Å². The first-order valence-electron chi connectivity index (χ1n) is 7.71. The quantitative estimate of drug-likeness (QED) is 0.728. The largest absolute Gasteiger partial charge is 0.416 e. The van der Waals surface area contributed by atoms with Crippen molar-refractivity contribution in [3.05, 3.63) is 29.3 Å². The van der Waals surface area contributed by atoms with E-state index in [4.69, 9.17) is 0 Å². The zero-order chi connectivity index (χ0) is 15.3. The van der Waals surface area contributed by atoms with E-state index in [0.717, 1.165) is 30.6 Å². The summed E-state index contributed by atoms with van der Waals surface area (Å²) in [5.41, 5.74) is 1.62. The van der Waals surface area contributed by atoms with Crippen molar-refractivity contribution >= 4 is 5.69 Å². The minimum absolute atomic E-state index is 0.235. The number of nitrogens with one attached hydrogen (secondary N) is 1. The van der Waals surface area contributed by atoms with Gasteiger partial charge in [0, 0.05) is 18.2 Å². The summed E-state index contributed by atoms with van der Waals surface area (Å²) in [5, 5.41) is 3.28. The van der Waals surface area contributed by atoms with E-state index in [9.17, 15) is 13.2 Å². The Hall–Kier alpha value is -1.19. The molecule has 21 heavy (non-hydrogen) atoms. The highest BCUT2D eigenvalue weighted by Gasteiger charge is 2.37. The summed E-state index contributed by atoms with van der Waals surface area (Å²) in [4.78, 5) is 0. The van der Waals surface area contributed by atoms with Crippen molar-refractivity contribution in [2.24, 2.45) is 11.3 Å². The molecule has 3 rings (SSSR count). The number of fused-ring (bicyclic) bond motifs is 1. The molecule has 0 spiro atoms. The molecule has 116 valence electrons. The summed E-state index contributed by atoms with van der Waals surface area (Å²) in [6.45, 7) is 5.35. The van der Waals surface area contributed by atoms with Gasteiger partial charge in [0.15, 0.2) is 0 Å². The Balaban J connectivity index is 1.83. The summed E-state index contributed by atoms with van der Waals surface area (Å²) < 4.78 is 38.7. The van der Waals surface area contributed by atoms with Crippen LogP contribution in [0.25, 0.3) is 0 Å². The fourth-order valence-corrected chi connectivity index (χ4v) is 3.78. The Morgan fingerprint density at radius 1 is 1.14 bits per heavy atom. The molecule has 1 heterocycles. The van der Waals surface area contributed by atoms with E-state index in [1.807, 2.05) is 0 Å². The molecule has 4 heteroatoms. The van der Waals surface area contributed by atoms with Crippen molar-refractivity contribution in [2.75, 3.05) is 11.9 Å². The van der Waals surface area contributed by atoms with Crippen LogP contribution in [0.15, 0.2) is 18.2 Å². The summed E-state index contributed by atoms with van der Waals surface area (Å²) in [6.07, 6.45) is 0.325. The molecule has 1 unspecified atom stereocenters. The molecule has 2 aliphatic rings. The van der Waals surface area contributed by atoms with Crippen molar-refractivity contribution in [3.63, 3.8) is 0 Å². The Labute approximate surface area is 123 Å². The fraction of sp³-hybridized carbons (Fsp3) is 0.647. The summed E-state index contributed by atoms with van der Waals surface area (Å²) >= 11 is 0. The van der Waals surface area contributed by atoms with Gasteiger partial charge < -0.3 is 5.32 Å². The van der Waals surface area contributed by atoms with Crippen LogP contribution in [-0.2, 0) is 6.18 Å². The maximum atomic E-state index is 12.9. The van der Waals surface area contributed by atoms with Crippen LogP contribution in [0.2, 0.25) is 0 Å². The molecule has 1 nitrogen and oxygen atoms in total. The minimum Gasteiger partial charge on any atom is -0.384 e. The first-order chi connectivity index (χ1) is 9.76. The number of alkyl halides is 3. The molecule has 1 aliphatic heterocycles. The zero-order valence-corrected chi connectivity index (χ0v) is 12.6. The van der Waals surface area contributed by atoms with Gasteiger partial charge in [0.05, 0.1) is 5.56 Å². The highest BCUT2D eigenvalue weighted by Crippen LogP contribution is 2.47. The van der Waals surface area contributed by atoms with Crippen LogP contribution in [0.1, 0.15) is 56.6 Å². The van der Waals surface area contributed by atoms with Gasteiger partial charge in [-0.1, -0.05) is 13.8 Å². The average Bonchev–Trinajstić information content (AvgIpc) is 2.81. The summed E-state index contributed by atoms with van der Waals surface area (Å²) in [6, 6.07) is 4.13. The second-order valence-corrected chi connectivity index (χ2v) is 7.29. The van der Waals surface area contributed by atoms with Crippen molar-refractivity contribution in [1.29, 1.82) is 0 Å². The van der Waals surface area contributed by atoms with Crippen molar-refractivity contribution in [1.82, 2.24) is 0 Å². The third kappa shape index (κ3) is 2.90. The molecule has 0 aromatic heterocycles. The van der Waals surface area contributed by atoms with Gasteiger partial charge in [-0.05, 0) is 60.8 Å². The van der Waals surface area contributed by atoms with E-state index in [-0.39, 0.29) is 5.92 Å². The second kappa shape index (κ2) is 4.92. The van der Waals surface area contributed by atoms with Gasteiger partial charge in [-0.15, -0.1) is 0 Å². The lowest BCUT2D eigenvalue weighted by atomic mass is 9.68. The molecule has 1 atom stereocenters. The molecule has 1 aromatic rings. The maximum absolute atomic E-state index is 12.9. The molecular weight excluding hydrogens is 275 g/mol. The summed E-state index contributed by atoms with van der Waals surface area (Å²) in [5.74, 6) is 0.744. The van der Waals surface area contributed by atoms with E-state index >= 15 is 0 Å². The highest BCUT2D eigenvalue weighted by molar-refractivity contribution is 5.59. The van der Waals surface area contributed by atoms with E-state index < -0.39 is 11.7 Å². The van der Waals surface area contributed by atoms with Gasteiger partial charge in [-0.3, -0.25) is 0 Å². The minimum atomic E-state index is -4.25. The van der Waals surface area contributed by atoms with Crippen LogP contribution in [0.5, 0.6) is 0 Å². The normalized spacial score (nSPS) is 25.5. The van der Waals surface area contributed by atoms with Crippen LogP contribution in [0, 0.1) is 11.3 Å². The smallest absolute Gasteiger partial charge is 0.384 e. The Bertz CT molecular complexity index is 523. The Morgan fingerprint density at radius 2 is 1.81 bits per heavy atom. The lowest BCUT2D eigenvalue weighted by Crippen LogP contribution is -2.26. The number of rotatable bonds is 1. The van der Waals surface area contributed by atoms with Crippen LogP contribution >= 0.6 is 0 Å². The Morgan fingerprint density at radius 3 is 2.43 bits per heavy atom. The van der Waals surface area contributed by atoms with Gasteiger partial charge in [0.1, 0.15) is 0 Å². The average molecular weight is 297 g/mol. The summed E-state index contributed by atoms with van der Waals surface area (Å²) in [7, 11) is 0. The molecule has 1 N–H and O–H groups in total. The standard InChI is InChI=1S/C17H22F3N/c1-16(2)7-5-11(6-8-16)14-10-21-15-4-3-12(9-13(14)15)17(18,19)20/h3-4,9,11,14,21H,5-8,10H2,1-2H3. The van der Waals surface area contributed by atoms with E-state index in [0.29, 0.717) is 11.3 Å². The number of benzene rings is 1. The lowest BCUT2D eigenvalue weighted by Gasteiger charge is -2.37.